The summed E-state index contributed by atoms with van der Waals surface area (Å²) in [6.45, 7) is 4.04. The molecule has 5 nitrogen and oxygen atoms in total. The molecule has 0 saturated carbocycles. The molecule has 0 spiro atoms. The molecule has 0 aliphatic heterocycles. The van der Waals surface area contributed by atoms with Gasteiger partial charge in [0, 0.05) is 16.8 Å². The molecular weight excluding hydrogens is 428 g/mol. The fourth-order valence-electron chi connectivity index (χ4n) is 3.38. The van der Waals surface area contributed by atoms with Gasteiger partial charge in [0.15, 0.2) is 0 Å². The fraction of sp³-hybridized carbons (Fsp3) is 0. The molecule has 0 atom stereocenters. The summed E-state index contributed by atoms with van der Waals surface area (Å²) in [5.41, 5.74) is 3.12. The number of H-pyrrole nitrogens is 1. The van der Waals surface area contributed by atoms with Crippen molar-refractivity contribution in [3.63, 3.8) is 0 Å². The molecule has 5 rings (SSSR count). The highest BCUT2D eigenvalue weighted by molar-refractivity contribution is 7.13. The Morgan fingerprint density at radius 1 is 1.00 bits per heavy atom. The standard InChI is InChI=1S/C24H17ClN4OS/c1-16-21(24(30)29(26-16)20-11-9-18(25)10-12-20)14-17-15-28(19-6-3-2-4-7-19)27-23(17)22-8-5-13-31-22/h2-15,26H,1H2/b21-14-. The third-order valence-electron chi connectivity index (χ3n) is 4.91. The Balaban J connectivity index is 1.69. The Kier molecular flexibility index (Phi) is 4.94. The van der Waals surface area contributed by atoms with Crippen molar-refractivity contribution in [2.75, 3.05) is 0 Å². The molecule has 5 aromatic rings. The van der Waals surface area contributed by atoms with E-state index in [2.05, 4.69) is 11.7 Å². The normalized spacial score (nSPS) is 11.8. The Labute approximate surface area is 186 Å². The van der Waals surface area contributed by atoms with Gasteiger partial charge in [0.1, 0.15) is 5.69 Å². The second kappa shape index (κ2) is 7.91. The minimum atomic E-state index is -0.183. The first-order chi connectivity index (χ1) is 15.1. The predicted molar refractivity (Wildman–Crippen MR) is 127 cm³/mol. The van der Waals surface area contributed by atoms with Crippen molar-refractivity contribution >= 4 is 35.6 Å². The number of thiophene rings is 1. The molecule has 0 radical (unpaired) electrons. The highest BCUT2D eigenvalue weighted by Crippen LogP contribution is 2.28. The first-order valence-corrected chi connectivity index (χ1v) is 10.8. The molecule has 0 fully saturated rings. The van der Waals surface area contributed by atoms with Crippen molar-refractivity contribution in [1.29, 1.82) is 0 Å². The van der Waals surface area contributed by atoms with E-state index in [0.717, 1.165) is 21.8 Å². The molecule has 0 aliphatic carbocycles. The maximum absolute atomic E-state index is 13.2. The molecule has 2 aromatic carbocycles. The second-order valence-electron chi connectivity index (χ2n) is 6.96. The highest BCUT2D eigenvalue weighted by atomic mass is 35.5. The number of hydrogen-bond acceptors (Lipinski definition) is 3. The lowest BCUT2D eigenvalue weighted by atomic mass is 10.2. The van der Waals surface area contributed by atoms with Crippen molar-refractivity contribution in [3.8, 4) is 21.9 Å². The largest absolute Gasteiger partial charge is 0.291 e. The van der Waals surface area contributed by atoms with Gasteiger partial charge in [-0.2, -0.15) is 5.10 Å². The molecule has 0 saturated heterocycles. The number of benzene rings is 2. The number of hydrogen-bond donors (Lipinski definition) is 1. The van der Waals surface area contributed by atoms with Crippen LogP contribution in [0.3, 0.4) is 0 Å². The predicted octanol–water partition coefficient (Wildman–Crippen LogP) is 3.97. The average Bonchev–Trinajstić information content (AvgIpc) is 3.51. The Bertz CT molecular complexity index is 1510. The van der Waals surface area contributed by atoms with Crippen molar-refractivity contribution in [1.82, 2.24) is 19.6 Å². The van der Waals surface area contributed by atoms with Crippen LogP contribution >= 0.6 is 22.9 Å². The van der Waals surface area contributed by atoms with E-state index in [9.17, 15) is 4.79 Å². The van der Waals surface area contributed by atoms with Gasteiger partial charge in [0.25, 0.3) is 5.56 Å². The van der Waals surface area contributed by atoms with Crippen LogP contribution in [0.5, 0.6) is 0 Å². The zero-order valence-corrected chi connectivity index (χ0v) is 17.9. The minimum Gasteiger partial charge on any atom is -0.291 e. The first kappa shape index (κ1) is 19.4. The lowest BCUT2D eigenvalue weighted by Crippen LogP contribution is -2.33. The van der Waals surface area contributed by atoms with Crippen LogP contribution in [0.15, 0.2) is 83.1 Å². The quantitative estimate of drug-likeness (QED) is 0.456. The molecule has 152 valence electrons. The van der Waals surface area contributed by atoms with Gasteiger partial charge in [0.05, 0.1) is 26.8 Å². The lowest BCUT2D eigenvalue weighted by molar-refractivity contribution is 0.838. The summed E-state index contributed by atoms with van der Waals surface area (Å²) < 4.78 is 3.30. The summed E-state index contributed by atoms with van der Waals surface area (Å²) in [6.07, 6.45) is 3.78. The van der Waals surface area contributed by atoms with E-state index in [-0.39, 0.29) is 5.56 Å². The van der Waals surface area contributed by atoms with Crippen LogP contribution in [-0.4, -0.2) is 19.6 Å². The minimum absolute atomic E-state index is 0.183. The highest BCUT2D eigenvalue weighted by Gasteiger charge is 2.13. The van der Waals surface area contributed by atoms with Crippen LogP contribution in [-0.2, 0) is 0 Å². The van der Waals surface area contributed by atoms with Crippen molar-refractivity contribution in [2.24, 2.45) is 0 Å². The molecule has 0 unspecified atom stereocenters. The Morgan fingerprint density at radius 2 is 1.77 bits per heavy atom. The zero-order chi connectivity index (χ0) is 21.4. The number of para-hydroxylation sites is 1. The van der Waals surface area contributed by atoms with E-state index in [1.807, 2.05) is 64.8 Å². The maximum atomic E-state index is 13.2. The number of halogens is 1. The molecule has 31 heavy (non-hydrogen) atoms. The second-order valence-corrected chi connectivity index (χ2v) is 8.34. The summed E-state index contributed by atoms with van der Waals surface area (Å²) >= 11 is 7.58. The van der Waals surface area contributed by atoms with Crippen molar-refractivity contribution in [3.05, 3.63) is 110 Å². The number of nitrogens with zero attached hydrogens (tertiary/aromatic N) is 3. The topological polar surface area (TPSA) is 55.6 Å². The van der Waals surface area contributed by atoms with Crippen LogP contribution < -0.4 is 16.1 Å². The monoisotopic (exact) mass is 444 g/mol. The Morgan fingerprint density at radius 3 is 2.48 bits per heavy atom. The van der Waals surface area contributed by atoms with Gasteiger partial charge in [-0.05, 0) is 53.9 Å². The van der Waals surface area contributed by atoms with Crippen LogP contribution in [0.4, 0.5) is 0 Å². The molecule has 0 aliphatic rings. The van der Waals surface area contributed by atoms with E-state index >= 15 is 0 Å². The summed E-state index contributed by atoms with van der Waals surface area (Å²) in [4.78, 5) is 14.2. The molecular formula is C24H17ClN4OS. The van der Waals surface area contributed by atoms with Crippen molar-refractivity contribution < 1.29 is 0 Å². The van der Waals surface area contributed by atoms with E-state index in [1.165, 1.54) is 4.68 Å². The summed E-state index contributed by atoms with van der Waals surface area (Å²) in [5, 5.41) is 11.5. The average molecular weight is 445 g/mol. The van der Waals surface area contributed by atoms with Gasteiger partial charge in [-0.15, -0.1) is 11.3 Å². The van der Waals surface area contributed by atoms with E-state index in [1.54, 1.807) is 35.6 Å². The fourth-order valence-corrected chi connectivity index (χ4v) is 4.24. The first-order valence-electron chi connectivity index (χ1n) is 9.57. The maximum Gasteiger partial charge on any atom is 0.279 e. The van der Waals surface area contributed by atoms with Gasteiger partial charge >= 0.3 is 0 Å². The van der Waals surface area contributed by atoms with E-state index < -0.39 is 0 Å². The summed E-state index contributed by atoms with van der Waals surface area (Å²) in [5.74, 6) is 0. The number of aromatic nitrogens is 4. The van der Waals surface area contributed by atoms with Crippen LogP contribution in [0.2, 0.25) is 5.02 Å². The Hall–Kier alpha value is -3.61. The lowest BCUT2D eigenvalue weighted by Gasteiger charge is -2.00. The van der Waals surface area contributed by atoms with Gasteiger partial charge in [-0.1, -0.05) is 42.4 Å². The molecule has 1 N–H and O–H groups in total. The summed E-state index contributed by atoms with van der Waals surface area (Å²) in [7, 11) is 0. The van der Waals surface area contributed by atoms with Gasteiger partial charge in [0.2, 0.25) is 0 Å². The molecule has 0 amide bonds. The SMILES string of the molecule is C=c1[nH]n(-c2ccc(Cl)cc2)c(=O)/c1=C\c1cn(-c2ccccc2)nc1-c1cccs1. The summed E-state index contributed by atoms with van der Waals surface area (Å²) in [6, 6.07) is 21.0. The molecule has 3 aromatic heterocycles. The van der Waals surface area contributed by atoms with Crippen LogP contribution in [0.25, 0.3) is 34.6 Å². The third kappa shape index (κ3) is 3.67. The third-order valence-corrected chi connectivity index (χ3v) is 6.04. The molecule has 0 bridgehead atoms. The van der Waals surface area contributed by atoms with Gasteiger partial charge < -0.3 is 0 Å². The molecule has 7 heteroatoms. The smallest absolute Gasteiger partial charge is 0.279 e. The number of nitrogens with one attached hydrogen (secondary N) is 1. The number of rotatable bonds is 4. The number of aromatic amines is 1. The molecule has 3 heterocycles. The van der Waals surface area contributed by atoms with Crippen molar-refractivity contribution in [2.45, 2.75) is 0 Å². The van der Waals surface area contributed by atoms with Crippen LogP contribution in [0, 0.1) is 0 Å². The van der Waals surface area contributed by atoms with E-state index in [4.69, 9.17) is 16.7 Å². The zero-order valence-electron chi connectivity index (χ0n) is 16.3. The van der Waals surface area contributed by atoms with Gasteiger partial charge in [-0.25, -0.2) is 9.36 Å². The van der Waals surface area contributed by atoms with Crippen LogP contribution in [0.1, 0.15) is 5.56 Å². The van der Waals surface area contributed by atoms with Gasteiger partial charge in [-0.3, -0.25) is 9.89 Å². The van der Waals surface area contributed by atoms with E-state index in [0.29, 0.717) is 21.3 Å².